The van der Waals surface area contributed by atoms with Crippen molar-refractivity contribution in [3.63, 3.8) is 0 Å². The molecule has 1 heterocycles. The molecule has 54 valence electrons. The molecule has 0 bridgehead atoms. The van der Waals surface area contributed by atoms with Crippen LogP contribution in [0.5, 0.6) is 0 Å². The van der Waals surface area contributed by atoms with Crippen LogP contribution in [0.25, 0.3) is 0 Å². The Balaban J connectivity index is 2.95. The van der Waals surface area contributed by atoms with Gasteiger partial charge in [0.05, 0.1) is 9.21 Å². The molecular weight excluding hydrogens is 168 g/mol. The molecular formula is C6H7ClN2S. The van der Waals surface area contributed by atoms with Crippen LogP contribution in [0, 0.1) is 0 Å². The highest BCUT2D eigenvalue weighted by Gasteiger charge is 1.99. The molecule has 10 heavy (non-hydrogen) atoms. The van der Waals surface area contributed by atoms with Gasteiger partial charge in [-0.1, -0.05) is 11.6 Å². The summed E-state index contributed by atoms with van der Waals surface area (Å²) in [7, 11) is 1.66. The molecule has 0 radical (unpaired) electrons. The lowest BCUT2D eigenvalue weighted by molar-refractivity contribution is 1.41. The first-order chi connectivity index (χ1) is 4.74. The van der Waals surface area contributed by atoms with Crippen molar-refractivity contribution in [1.82, 2.24) is 0 Å². The Morgan fingerprint density at radius 3 is 2.80 bits per heavy atom. The quantitative estimate of drug-likeness (QED) is 0.511. The normalized spacial score (nSPS) is 12.0. The summed E-state index contributed by atoms with van der Waals surface area (Å²) < 4.78 is 0.738. The molecule has 0 aliphatic heterocycles. The number of halogens is 1. The molecule has 0 saturated heterocycles. The van der Waals surface area contributed by atoms with Crippen LogP contribution in [0.1, 0.15) is 4.88 Å². The molecule has 1 rings (SSSR count). The molecule has 1 aromatic heterocycles. The van der Waals surface area contributed by atoms with Gasteiger partial charge in [-0.15, -0.1) is 11.3 Å². The fourth-order valence-electron chi connectivity index (χ4n) is 0.562. The van der Waals surface area contributed by atoms with E-state index >= 15 is 0 Å². The summed E-state index contributed by atoms with van der Waals surface area (Å²) in [5, 5.41) is 0. The third-order valence-electron chi connectivity index (χ3n) is 1.07. The van der Waals surface area contributed by atoms with Crippen molar-refractivity contribution in [3.8, 4) is 0 Å². The highest BCUT2D eigenvalue weighted by atomic mass is 35.5. The molecule has 2 nitrogen and oxygen atoms in total. The molecule has 2 N–H and O–H groups in total. The largest absolute Gasteiger partial charge is 0.383 e. The molecule has 0 spiro atoms. The van der Waals surface area contributed by atoms with E-state index in [-0.39, 0.29) is 0 Å². The highest BCUT2D eigenvalue weighted by Crippen LogP contribution is 2.20. The molecule has 0 aliphatic carbocycles. The minimum atomic E-state index is 0.539. The van der Waals surface area contributed by atoms with Crippen LogP contribution in [0.3, 0.4) is 0 Å². The van der Waals surface area contributed by atoms with Gasteiger partial charge in [-0.05, 0) is 12.1 Å². The summed E-state index contributed by atoms with van der Waals surface area (Å²) in [4.78, 5) is 4.74. The smallest absolute Gasteiger partial charge is 0.135 e. The van der Waals surface area contributed by atoms with Crippen molar-refractivity contribution in [2.75, 3.05) is 7.05 Å². The molecule has 0 amide bonds. The molecule has 1 aromatic rings. The summed E-state index contributed by atoms with van der Waals surface area (Å²) in [6.07, 6.45) is 0. The average molecular weight is 175 g/mol. The first-order valence-electron chi connectivity index (χ1n) is 2.72. The van der Waals surface area contributed by atoms with Crippen LogP contribution < -0.4 is 5.73 Å². The van der Waals surface area contributed by atoms with Crippen LogP contribution >= 0.6 is 22.9 Å². The fraction of sp³-hybridized carbons (Fsp3) is 0.167. The lowest BCUT2D eigenvalue weighted by Crippen LogP contribution is -2.10. The Hall–Kier alpha value is -0.540. The van der Waals surface area contributed by atoms with Gasteiger partial charge in [-0.3, -0.25) is 4.99 Å². The van der Waals surface area contributed by atoms with Crippen LogP contribution in [-0.4, -0.2) is 12.9 Å². The van der Waals surface area contributed by atoms with Gasteiger partial charge in [0, 0.05) is 7.05 Å². The van der Waals surface area contributed by atoms with E-state index in [2.05, 4.69) is 4.99 Å². The van der Waals surface area contributed by atoms with E-state index in [1.165, 1.54) is 11.3 Å². The minimum Gasteiger partial charge on any atom is -0.383 e. The van der Waals surface area contributed by atoms with Crippen molar-refractivity contribution in [2.45, 2.75) is 0 Å². The average Bonchev–Trinajstić information content (AvgIpc) is 2.34. The number of amidine groups is 1. The minimum absolute atomic E-state index is 0.539. The van der Waals surface area contributed by atoms with Gasteiger partial charge in [0.15, 0.2) is 0 Å². The SMILES string of the molecule is CN=C(N)c1ccc(Cl)s1. The molecule has 0 aliphatic rings. The Labute approximate surface area is 68.3 Å². The van der Waals surface area contributed by atoms with Gasteiger partial charge >= 0.3 is 0 Å². The monoisotopic (exact) mass is 174 g/mol. The zero-order chi connectivity index (χ0) is 7.56. The summed E-state index contributed by atoms with van der Waals surface area (Å²) in [5.74, 6) is 0.539. The predicted molar refractivity (Wildman–Crippen MR) is 46.0 cm³/mol. The fourth-order valence-corrected chi connectivity index (χ4v) is 1.55. The summed E-state index contributed by atoms with van der Waals surface area (Å²) in [5.41, 5.74) is 5.51. The Morgan fingerprint density at radius 1 is 1.70 bits per heavy atom. The molecule has 0 saturated carbocycles. The predicted octanol–water partition coefficient (Wildman–Crippen LogP) is 1.74. The number of nitrogens with zero attached hydrogens (tertiary/aromatic N) is 1. The second-order valence-electron chi connectivity index (χ2n) is 1.71. The Morgan fingerprint density at radius 2 is 2.40 bits per heavy atom. The summed E-state index contributed by atoms with van der Waals surface area (Å²) >= 11 is 7.10. The van der Waals surface area contributed by atoms with Crippen molar-refractivity contribution >= 4 is 28.8 Å². The molecule has 0 atom stereocenters. The zero-order valence-corrected chi connectivity index (χ0v) is 7.04. The first kappa shape index (κ1) is 7.57. The highest BCUT2D eigenvalue weighted by molar-refractivity contribution is 7.18. The maximum atomic E-state index is 5.67. The van der Waals surface area contributed by atoms with Crippen LogP contribution in [0.2, 0.25) is 4.34 Å². The van der Waals surface area contributed by atoms with Crippen molar-refractivity contribution in [1.29, 1.82) is 0 Å². The zero-order valence-electron chi connectivity index (χ0n) is 5.47. The maximum absolute atomic E-state index is 5.67. The van der Waals surface area contributed by atoms with Crippen LogP contribution in [0.4, 0.5) is 0 Å². The molecule has 0 unspecified atom stereocenters. The number of hydrogen-bond donors (Lipinski definition) is 1. The maximum Gasteiger partial charge on any atom is 0.135 e. The first-order valence-corrected chi connectivity index (χ1v) is 3.91. The number of aliphatic imine (C=N–C) groups is 1. The van der Waals surface area contributed by atoms with Gasteiger partial charge in [0.25, 0.3) is 0 Å². The Kier molecular flexibility index (Phi) is 2.29. The van der Waals surface area contributed by atoms with Gasteiger partial charge in [0.2, 0.25) is 0 Å². The van der Waals surface area contributed by atoms with Crippen molar-refractivity contribution in [2.24, 2.45) is 10.7 Å². The van der Waals surface area contributed by atoms with Crippen molar-refractivity contribution in [3.05, 3.63) is 21.3 Å². The third kappa shape index (κ3) is 1.49. The lowest BCUT2D eigenvalue weighted by Gasteiger charge is -1.89. The summed E-state index contributed by atoms with van der Waals surface area (Å²) in [6.45, 7) is 0. The number of nitrogens with two attached hydrogens (primary N) is 1. The Bertz CT molecular complexity index is 254. The van der Waals surface area contributed by atoms with E-state index in [9.17, 15) is 0 Å². The van der Waals surface area contributed by atoms with E-state index in [0.717, 1.165) is 9.21 Å². The van der Waals surface area contributed by atoms with E-state index in [0.29, 0.717) is 5.84 Å². The standard InChI is InChI=1S/C6H7ClN2S/c1-9-6(8)4-2-3-5(7)10-4/h2-3H,1H3,(H2,8,9). The van der Waals surface area contributed by atoms with E-state index in [1.54, 1.807) is 13.1 Å². The number of thiophene rings is 1. The van der Waals surface area contributed by atoms with E-state index in [1.807, 2.05) is 6.07 Å². The number of rotatable bonds is 1. The molecule has 0 aromatic carbocycles. The topological polar surface area (TPSA) is 38.4 Å². The molecule has 0 fully saturated rings. The van der Waals surface area contributed by atoms with E-state index in [4.69, 9.17) is 17.3 Å². The van der Waals surface area contributed by atoms with Gasteiger partial charge < -0.3 is 5.73 Å². The van der Waals surface area contributed by atoms with Gasteiger partial charge in [-0.25, -0.2) is 0 Å². The summed E-state index contributed by atoms with van der Waals surface area (Å²) in [6, 6.07) is 3.66. The molecule has 4 heteroatoms. The van der Waals surface area contributed by atoms with Gasteiger partial charge in [-0.2, -0.15) is 0 Å². The van der Waals surface area contributed by atoms with E-state index < -0.39 is 0 Å². The van der Waals surface area contributed by atoms with Crippen molar-refractivity contribution < 1.29 is 0 Å². The number of hydrogen-bond acceptors (Lipinski definition) is 2. The lowest BCUT2D eigenvalue weighted by atomic mass is 10.4. The van der Waals surface area contributed by atoms with Crippen LogP contribution in [0.15, 0.2) is 17.1 Å². The van der Waals surface area contributed by atoms with Gasteiger partial charge in [0.1, 0.15) is 5.84 Å². The second-order valence-corrected chi connectivity index (χ2v) is 3.43. The van der Waals surface area contributed by atoms with Crippen LogP contribution in [-0.2, 0) is 0 Å². The third-order valence-corrected chi connectivity index (χ3v) is 2.32. The second kappa shape index (κ2) is 3.03.